The van der Waals surface area contributed by atoms with Gasteiger partial charge in [0.15, 0.2) is 0 Å². The van der Waals surface area contributed by atoms with E-state index in [0.717, 1.165) is 17.7 Å². The molecule has 0 spiro atoms. The summed E-state index contributed by atoms with van der Waals surface area (Å²) in [6, 6.07) is 12.8. The number of halogens is 2. The fourth-order valence-corrected chi connectivity index (χ4v) is 3.86. The molecule has 2 aromatic carbocycles. The summed E-state index contributed by atoms with van der Waals surface area (Å²) in [5.41, 5.74) is 0.882. The molecule has 0 amide bonds. The highest BCUT2D eigenvalue weighted by Gasteiger charge is 2.25. The molecular formula is C17H20ClFN2O2S. The Hall–Kier alpha value is -1.47. The SMILES string of the molecule is CN(C)CCN(Cc1ccccc1)S(=O)(=O)c1ccc(F)c(Cl)c1. The summed E-state index contributed by atoms with van der Waals surface area (Å²) in [5.74, 6) is -0.640. The van der Waals surface area contributed by atoms with Crippen molar-refractivity contribution in [2.24, 2.45) is 0 Å². The summed E-state index contributed by atoms with van der Waals surface area (Å²) < 4.78 is 40.6. The molecule has 0 saturated heterocycles. The van der Waals surface area contributed by atoms with E-state index < -0.39 is 15.8 Å². The fraction of sp³-hybridized carbons (Fsp3) is 0.294. The van der Waals surface area contributed by atoms with E-state index >= 15 is 0 Å². The number of benzene rings is 2. The van der Waals surface area contributed by atoms with Gasteiger partial charge in [-0.05, 0) is 37.9 Å². The van der Waals surface area contributed by atoms with Gasteiger partial charge in [-0.1, -0.05) is 41.9 Å². The van der Waals surface area contributed by atoms with Crippen molar-refractivity contribution in [1.29, 1.82) is 0 Å². The lowest BCUT2D eigenvalue weighted by molar-refractivity contribution is 0.329. The van der Waals surface area contributed by atoms with Gasteiger partial charge in [-0.15, -0.1) is 0 Å². The van der Waals surface area contributed by atoms with E-state index in [0.29, 0.717) is 13.1 Å². The van der Waals surface area contributed by atoms with Gasteiger partial charge in [-0.25, -0.2) is 12.8 Å². The maximum absolute atomic E-state index is 13.3. The Labute approximate surface area is 147 Å². The molecule has 0 fully saturated rings. The maximum atomic E-state index is 13.3. The third kappa shape index (κ3) is 4.77. The highest BCUT2D eigenvalue weighted by atomic mass is 35.5. The molecule has 0 aliphatic rings. The molecule has 2 aromatic rings. The van der Waals surface area contributed by atoms with Crippen molar-refractivity contribution in [3.05, 3.63) is 64.9 Å². The van der Waals surface area contributed by atoms with E-state index in [1.807, 2.05) is 49.3 Å². The van der Waals surface area contributed by atoms with Crippen molar-refractivity contribution in [3.63, 3.8) is 0 Å². The van der Waals surface area contributed by atoms with Crippen LogP contribution in [0.5, 0.6) is 0 Å². The van der Waals surface area contributed by atoms with Crippen LogP contribution in [0.15, 0.2) is 53.4 Å². The Morgan fingerprint density at radius 3 is 2.29 bits per heavy atom. The first-order chi connectivity index (χ1) is 11.3. The average Bonchev–Trinajstić information content (AvgIpc) is 2.54. The van der Waals surface area contributed by atoms with Gasteiger partial charge in [0.05, 0.1) is 9.92 Å². The van der Waals surface area contributed by atoms with Crippen LogP contribution in [0.4, 0.5) is 4.39 Å². The summed E-state index contributed by atoms with van der Waals surface area (Å²) in [5, 5.41) is -0.205. The summed E-state index contributed by atoms with van der Waals surface area (Å²) in [6.45, 7) is 1.13. The van der Waals surface area contributed by atoms with E-state index in [2.05, 4.69) is 0 Å². The molecule has 0 radical (unpaired) electrons. The molecule has 0 saturated carbocycles. The molecular weight excluding hydrogens is 351 g/mol. The number of likely N-dealkylation sites (N-methyl/N-ethyl adjacent to an activating group) is 1. The molecule has 0 unspecified atom stereocenters. The zero-order chi connectivity index (χ0) is 17.7. The molecule has 0 aromatic heterocycles. The molecule has 0 aliphatic heterocycles. The van der Waals surface area contributed by atoms with Crippen LogP contribution < -0.4 is 0 Å². The molecule has 0 bridgehead atoms. The predicted molar refractivity (Wildman–Crippen MR) is 94.0 cm³/mol. The number of hydrogen-bond acceptors (Lipinski definition) is 3. The molecule has 4 nitrogen and oxygen atoms in total. The Balaban J connectivity index is 2.34. The second-order valence-electron chi connectivity index (χ2n) is 5.70. The molecule has 0 N–H and O–H groups in total. The predicted octanol–water partition coefficient (Wildman–Crippen LogP) is 3.23. The van der Waals surface area contributed by atoms with Crippen molar-refractivity contribution in [2.45, 2.75) is 11.4 Å². The first-order valence-electron chi connectivity index (χ1n) is 7.44. The molecule has 0 aliphatic carbocycles. The minimum Gasteiger partial charge on any atom is -0.308 e. The fourth-order valence-electron chi connectivity index (χ4n) is 2.17. The maximum Gasteiger partial charge on any atom is 0.243 e. The van der Waals surface area contributed by atoms with E-state index in [1.54, 1.807) is 0 Å². The first-order valence-corrected chi connectivity index (χ1v) is 9.26. The monoisotopic (exact) mass is 370 g/mol. The van der Waals surface area contributed by atoms with E-state index in [-0.39, 0.29) is 16.5 Å². The van der Waals surface area contributed by atoms with Crippen LogP contribution in [-0.2, 0) is 16.6 Å². The van der Waals surface area contributed by atoms with Crippen molar-refractivity contribution < 1.29 is 12.8 Å². The third-order valence-electron chi connectivity index (χ3n) is 3.53. The van der Waals surface area contributed by atoms with E-state index in [1.165, 1.54) is 10.4 Å². The number of rotatable bonds is 7. The van der Waals surface area contributed by atoms with Crippen LogP contribution in [-0.4, -0.2) is 44.8 Å². The van der Waals surface area contributed by atoms with Crippen molar-refractivity contribution in [2.75, 3.05) is 27.2 Å². The first kappa shape index (κ1) is 18.9. The molecule has 130 valence electrons. The minimum atomic E-state index is -3.78. The molecule has 24 heavy (non-hydrogen) atoms. The van der Waals surface area contributed by atoms with E-state index in [9.17, 15) is 12.8 Å². The second-order valence-corrected chi connectivity index (χ2v) is 8.05. The van der Waals surface area contributed by atoms with Gasteiger partial charge < -0.3 is 4.90 Å². The normalized spacial score (nSPS) is 12.1. The highest BCUT2D eigenvalue weighted by Crippen LogP contribution is 2.23. The van der Waals surface area contributed by atoms with Crippen molar-refractivity contribution in [3.8, 4) is 0 Å². The summed E-state index contributed by atoms with van der Waals surface area (Å²) in [4.78, 5) is 1.90. The molecule has 2 rings (SSSR count). The molecule has 0 heterocycles. The standard InChI is InChI=1S/C17H20ClFN2O2S/c1-20(2)10-11-21(13-14-6-4-3-5-7-14)24(22,23)15-8-9-17(19)16(18)12-15/h3-9,12H,10-11,13H2,1-2H3. The number of hydrogen-bond donors (Lipinski definition) is 0. The average molecular weight is 371 g/mol. The Kier molecular flexibility index (Phi) is 6.34. The van der Waals surface area contributed by atoms with Crippen LogP contribution in [0.3, 0.4) is 0 Å². The Morgan fingerprint density at radius 2 is 1.71 bits per heavy atom. The zero-order valence-corrected chi connectivity index (χ0v) is 15.2. The number of sulfonamides is 1. The summed E-state index contributed by atoms with van der Waals surface area (Å²) in [6.07, 6.45) is 0. The lowest BCUT2D eigenvalue weighted by Crippen LogP contribution is -2.36. The Bertz CT molecular complexity index is 782. The van der Waals surface area contributed by atoms with Crippen LogP contribution in [0.25, 0.3) is 0 Å². The molecule has 0 atom stereocenters. The quantitative estimate of drug-likeness (QED) is 0.751. The van der Waals surface area contributed by atoms with Crippen molar-refractivity contribution >= 4 is 21.6 Å². The highest BCUT2D eigenvalue weighted by molar-refractivity contribution is 7.89. The Morgan fingerprint density at radius 1 is 1.04 bits per heavy atom. The smallest absolute Gasteiger partial charge is 0.243 e. The van der Waals surface area contributed by atoms with Gasteiger partial charge in [0, 0.05) is 19.6 Å². The second kappa shape index (κ2) is 8.07. The van der Waals surface area contributed by atoms with Gasteiger partial charge >= 0.3 is 0 Å². The minimum absolute atomic E-state index is 0.0106. The third-order valence-corrected chi connectivity index (χ3v) is 5.66. The largest absolute Gasteiger partial charge is 0.308 e. The van der Waals surface area contributed by atoms with Crippen LogP contribution in [0.1, 0.15) is 5.56 Å². The van der Waals surface area contributed by atoms with Gasteiger partial charge in [0.2, 0.25) is 10.0 Å². The van der Waals surface area contributed by atoms with Gasteiger partial charge in [-0.3, -0.25) is 0 Å². The van der Waals surface area contributed by atoms with Crippen LogP contribution in [0, 0.1) is 5.82 Å². The van der Waals surface area contributed by atoms with Gasteiger partial charge in [-0.2, -0.15) is 4.31 Å². The lowest BCUT2D eigenvalue weighted by atomic mass is 10.2. The van der Waals surface area contributed by atoms with E-state index in [4.69, 9.17) is 11.6 Å². The van der Waals surface area contributed by atoms with Crippen molar-refractivity contribution in [1.82, 2.24) is 9.21 Å². The van der Waals surface area contributed by atoms with Crippen LogP contribution in [0.2, 0.25) is 5.02 Å². The lowest BCUT2D eigenvalue weighted by Gasteiger charge is -2.24. The van der Waals surface area contributed by atoms with Gasteiger partial charge in [0.25, 0.3) is 0 Å². The summed E-state index contributed by atoms with van der Waals surface area (Å²) >= 11 is 5.75. The molecule has 7 heteroatoms. The number of nitrogens with zero attached hydrogens (tertiary/aromatic N) is 2. The zero-order valence-electron chi connectivity index (χ0n) is 13.6. The van der Waals surface area contributed by atoms with Crippen LogP contribution >= 0.6 is 11.6 Å². The summed E-state index contributed by atoms with van der Waals surface area (Å²) in [7, 11) is -0.0245. The topological polar surface area (TPSA) is 40.6 Å². The van der Waals surface area contributed by atoms with Gasteiger partial charge in [0.1, 0.15) is 5.82 Å².